The van der Waals surface area contributed by atoms with Gasteiger partial charge >= 0.3 is 5.97 Å². The molecule has 0 aliphatic heterocycles. The Kier molecular flexibility index (Phi) is 2.45. The Morgan fingerprint density at radius 2 is 2.24 bits per heavy atom. The minimum atomic E-state index is -1.21. The number of aromatic nitrogens is 1. The molecule has 1 heterocycles. The second-order valence-electron chi connectivity index (χ2n) is 3.87. The van der Waals surface area contributed by atoms with Gasteiger partial charge in [0.2, 0.25) is 5.88 Å². The van der Waals surface area contributed by atoms with Gasteiger partial charge in [-0.25, -0.2) is 4.98 Å². The van der Waals surface area contributed by atoms with Crippen LogP contribution in [-0.2, 0) is 10.2 Å². The van der Waals surface area contributed by atoms with Gasteiger partial charge in [-0.1, -0.05) is 0 Å². The van der Waals surface area contributed by atoms with Gasteiger partial charge in [0.15, 0.2) is 0 Å². The molecule has 17 heavy (non-hydrogen) atoms. The number of hydrogen-bond donors (Lipinski definition) is 1. The summed E-state index contributed by atoms with van der Waals surface area (Å²) in [6, 6.07) is 2.57. The zero-order chi connectivity index (χ0) is 12.6. The van der Waals surface area contributed by atoms with Crippen molar-refractivity contribution in [2.45, 2.75) is 18.3 Å². The molecular formula is C10H10N2O5. The van der Waals surface area contributed by atoms with Gasteiger partial charge in [0, 0.05) is 12.1 Å². The molecule has 90 valence electrons. The number of nitro groups is 1. The van der Waals surface area contributed by atoms with Crippen LogP contribution in [0.1, 0.15) is 18.5 Å². The number of ether oxygens (including phenoxy) is 1. The molecule has 0 radical (unpaired) electrons. The van der Waals surface area contributed by atoms with E-state index in [0.717, 1.165) is 0 Å². The van der Waals surface area contributed by atoms with Crippen LogP contribution in [0.5, 0.6) is 5.88 Å². The number of carboxylic acid groups (broad SMARTS) is 1. The van der Waals surface area contributed by atoms with Gasteiger partial charge in [0.05, 0.1) is 12.0 Å². The van der Waals surface area contributed by atoms with E-state index in [1.165, 1.54) is 19.2 Å². The lowest BCUT2D eigenvalue weighted by molar-refractivity contribution is -0.386. The van der Waals surface area contributed by atoms with Crippen molar-refractivity contribution >= 4 is 11.7 Å². The molecule has 0 unspecified atom stereocenters. The van der Waals surface area contributed by atoms with Crippen molar-refractivity contribution in [3.05, 3.63) is 27.9 Å². The molecule has 1 fully saturated rings. The van der Waals surface area contributed by atoms with Crippen molar-refractivity contribution in [2.75, 3.05) is 7.11 Å². The van der Waals surface area contributed by atoms with Crippen molar-refractivity contribution in [1.82, 2.24) is 4.98 Å². The molecule has 0 atom stereocenters. The predicted octanol–water partition coefficient (Wildman–Crippen LogP) is 1.11. The first-order valence-electron chi connectivity index (χ1n) is 4.94. The summed E-state index contributed by atoms with van der Waals surface area (Å²) in [5, 5.41) is 20.0. The summed E-state index contributed by atoms with van der Waals surface area (Å²) in [5.41, 5.74) is -1.50. The Balaban J connectivity index is 2.57. The van der Waals surface area contributed by atoms with Gasteiger partial charge in [-0.15, -0.1) is 0 Å². The van der Waals surface area contributed by atoms with E-state index in [0.29, 0.717) is 12.8 Å². The molecule has 1 aliphatic carbocycles. The minimum absolute atomic E-state index is 0.0191. The highest BCUT2D eigenvalue weighted by atomic mass is 16.6. The zero-order valence-electron chi connectivity index (χ0n) is 9.04. The summed E-state index contributed by atoms with van der Waals surface area (Å²) < 4.78 is 4.87. The Morgan fingerprint density at radius 3 is 2.65 bits per heavy atom. The van der Waals surface area contributed by atoms with Crippen LogP contribution in [0.15, 0.2) is 12.1 Å². The summed E-state index contributed by atoms with van der Waals surface area (Å²) in [6.07, 6.45) is 0.729. The van der Waals surface area contributed by atoms with Crippen molar-refractivity contribution in [3.8, 4) is 5.88 Å². The molecular weight excluding hydrogens is 228 g/mol. The first kappa shape index (κ1) is 11.3. The number of pyridine rings is 1. The van der Waals surface area contributed by atoms with Crippen molar-refractivity contribution in [1.29, 1.82) is 0 Å². The Hall–Kier alpha value is -2.18. The molecule has 0 spiro atoms. The van der Waals surface area contributed by atoms with E-state index in [2.05, 4.69) is 4.98 Å². The van der Waals surface area contributed by atoms with Crippen LogP contribution in [0.2, 0.25) is 0 Å². The maximum absolute atomic E-state index is 11.2. The normalized spacial score (nSPS) is 16.3. The first-order chi connectivity index (χ1) is 8.01. The number of aliphatic carboxylic acids is 1. The third-order valence-electron chi connectivity index (χ3n) is 2.87. The van der Waals surface area contributed by atoms with Gasteiger partial charge in [-0.3, -0.25) is 14.9 Å². The molecule has 2 rings (SSSR count). The molecule has 0 amide bonds. The van der Waals surface area contributed by atoms with Gasteiger partial charge in [0.25, 0.3) is 5.69 Å². The van der Waals surface area contributed by atoms with Gasteiger partial charge in [0.1, 0.15) is 11.1 Å². The van der Waals surface area contributed by atoms with Crippen molar-refractivity contribution in [3.63, 3.8) is 0 Å². The van der Waals surface area contributed by atoms with E-state index < -0.39 is 16.3 Å². The summed E-state index contributed by atoms with van der Waals surface area (Å²) in [5.74, 6) is -0.903. The van der Waals surface area contributed by atoms with Gasteiger partial charge in [-0.2, -0.15) is 0 Å². The average molecular weight is 238 g/mol. The topological polar surface area (TPSA) is 103 Å². The molecule has 7 heteroatoms. The summed E-state index contributed by atoms with van der Waals surface area (Å²) in [7, 11) is 1.37. The highest BCUT2D eigenvalue weighted by molar-refractivity contribution is 5.85. The maximum Gasteiger partial charge on any atom is 0.316 e. The van der Waals surface area contributed by atoms with Crippen LogP contribution in [0.25, 0.3) is 0 Å². The van der Waals surface area contributed by atoms with Crippen LogP contribution in [0.4, 0.5) is 5.69 Å². The second kappa shape index (κ2) is 3.69. The quantitative estimate of drug-likeness (QED) is 0.622. The van der Waals surface area contributed by atoms with E-state index in [9.17, 15) is 14.9 Å². The number of hydrogen-bond acceptors (Lipinski definition) is 5. The minimum Gasteiger partial charge on any atom is -0.481 e. The third-order valence-corrected chi connectivity index (χ3v) is 2.87. The maximum atomic E-state index is 11.2. The average Bonchev–Trinajstić information content (AvgIpc) is 3.09. The lowest BCUT2D eigenvalue weighted by Crippen LogP contribution is -2.22. The molecule has 1 saturated carbocycles. The number of carboxylic acids is 1. The lowest BCUT2D eigenvalue weighted by atomic mass is 10.0. The highest BCUT2D eigenvalue weighted by Crippen LogP contribution is 2.50. The SMILES string of the molecule is COc1ccc([N+](=O)[O-])c(C2(C(=O)O)CC2)n1. The van der Waals surface area contributed by atoms with Gasteiger partial charge in [-0.05, 0) is 12.8 Å². The monoisotopic (exact) mass is 238 g/mol. The lowest BCUT2D eigenvalue weighted by Gasteiger charge is -2.10. The smallest absolute Gasteiger partial charge is 0.316 e. The van der Waals surface area contributed by atoms with E-state index in [1.807, 2.05) is 0 Å². The molecule has 1 aromatic rings. The Morgan fingerprint density at radius 1 is 1.59 bits per heavy atom. The van der Waals surface area contributed by atoms with Crippen LogP contribution >= 0.6 is 0 Å². The number of carbonyl (C=O) groups is 1. The number of rotatable bonds is 4. The Bertz CT molecular complexity index is 495. The van der Waals surface area contributed by atoms with Crippen LogP contribution in [0, 0.1) is 10.1 Å². The van der Waals surface area contributed by atoms with Crippen LogP contribution in [-0.4, -0.2) is 28.1 Å². The zero-order valence-corrected chi connectivity index (χ0v) is 9.04. The molecule has 0 saturated heterocycles. The molecule has 0 aromatic carbocycles. The molecule has 1 aromatic heterocycles. The number of nitrogens with zero attached hydrogens (tertiary/aromatic N) is 2. The van der Waals surface area contributed by atoms with E-state index in [4.69, 9.17) is 9.84 Å². The summed E-state index contributed by atoms with van der Waals surface area (Å²) in [4.78, 5) is 25.3. The second-order valence-corrected chi connectivity index (χ2v) is 3.87. The van der Waals surface area contributed by atoms with Crippen LogP contribution in [0.3, 0.4) is 0 Å². The fraction of sp³-hybridized carbons (Fsp3) is 0.400. The summed E-state index contributed by atoms with van der Waals surface area (Å²) in [6.45, 7) is 0. The van der Waals surface area contributed by atoms with Crippen LogP contribution < -0.4 is 4.74 Å². The number of methoxy groups -OCH3 is 1. The Labute approximate surface area is 96.2 Å². The fourth-order valence-corrected chi connectivity index (χ4v) is 1.72. The molecule has 7 nitrogen and oxygen atoms in total. The van der Waals surface area contributed by atoms with Gasteiger partial charge < -0.3 is 9.84 Å². The third kappa shape index (κ3) is 1.69. The van der Waals surface area contributed by atoms with E-state index in [1.54, 1.807) is 0 Å². The van der Waals surface area contributed by atoms with Crippen molar-refractivity contribution < 1.29 is 19.6 Å². The molecule has 0 bridgehead atoms. The highest BCUT2D eigenvalue weighted by Gasteiger charge is 2.56. The van der Waals surface area contributed by atoms with E-state index in [-0.39, 0.29) is 17.3 Å². The van der Waals surface area contributed by atoms with Crippen molar-refractivity contribution in [2.24, 2.45) is 0 Å². The first-order valence-corrected chi connectivity index (χ1v) is 4.94. The largest absolute Gasteiger partial charge is 0.481 e. The van der Waals surface area contributed by atoms with E-state index >= 15 is 0 Å². The standard InChI is InChI=1S/C10H10N2O5/c1-17-7-3-2-6(12(15)16)8(11-7)10(4-5-10)9(13)14/h2-3H,4-5H2,1H3,(H,13,14). The molecule has 1 N–H and O–H groups in total. The fourth-order valence-electron chi connectivity index (χ4n) is 1.72. The molecule has 1 aliphatic rings. The predicted molar refractivity (Wildman–Crippen MR) is 56.0 cm³/mol. The summed E-state index contributed by atoms with van der Waals surface area (Å²) >= 11 is 0.